The Balaban J connectivity index is 2.71. The molecule has 0 saturated carbocycles. The summed E-state index contributed by atoms with van der Waals surface area (Å²) in [5, 5.41) is 4.94. The maximum atomic E-state index is 10.9. The zero-order chi connectivity index (χ0) is 13.1. The summed E-state index contributed by atoms with van der Waals surface area (Å²) < 4.78 is 24.2. The van der Waals surface area contributed by atoms with Gasteiger partial charge in [0.25, 0.3) is 10.2 Å². The van der Waals surface area contributed by atoms with E-state index in [2.05, 4.69) is 15.5 Å². The van der Waals surface area contributed by atoms with Crippen molar-refractivity contribution in [3.05, 3.63) is 0 Å². The Morgan fingerprint density at radius 1 is 1.53 bits per heavy atom. The molecule has 0 aromatic carbocycles. The van der Waals surface area contributed by atoms with Crippen molar-refractivity contribution in [3.8, 4) is 12.3 Å². The Morgan fingerprint density at radius 3 is 2.71 bits per heavy atom. The highest BCUT2D eigenvalue weighted by atomic mass is 32.2. The molecule has 5 nitrogen and oxygen atoms in total. The van der Waals surface area contributed by atoms with Crippen LogP contribution in [0.1, 0.15) is 33.1 Å². The van der Waals surface area contributed by atoms with Gasteiger partial charge in [-0.3, -0.25) is 4.90 Å². The van der Waals surface area contributed by atoms with Crippen LogP contribution >= 0.6 is 0 Å². The molecule has 1 atom stereocenters. The number of nitrogens with zero attached hydrogens (tertiary/aromatic N) is 1. The molecule has 3 N–H and O–H groups in total. The molecule has 0 spiro atoms. The van der Waals surface area contributed by atoms with Crippen LogP contribution in [0.5, 0.6) is 0 Å². The van der Waals surface area contributed by atoms with Crippen molar-refractivity contribution >= 4 is 10.2 Å². The lowest BCUT2D eigenvalue weighted by Crippen LogP contribution is -2.55. The summed E-state index contributed by atoms with van der Waals surface area (Å²) in [4.78, 5) is 2.18. The van der Waals surface area contributed by atoms with Gasteiger partial charge in [-0.05, 0) is 33.2 Å². The van der Waals surface area contributed by atoms with Crippen molar-refractivity contribution in [2.45, 2.75) is 44.7 Å². The minimum absolute atomic E-state index is 0.119. The number of likely N-dealkylation sites (tertiary alicyclic amines) is 1. The molecule has 0 aromatic heterocycles. The fourth-order valence-corrected chi connectivity index (χ4v) is 2.67. The van der Waals surface area contributed by atoms with Crippen molar-refractivity contribution < 1.29 is 8.42 Å². The van der Waals surface area contributed by atoms with E-state index in [0.29, 0.717) is 6.54 Å². The molecule has 1 aliphatic rings. The van der Waals surface area contributed by atoms with E-state index in [0.717, 1.165) is 25.8 Å². The molecular weight excluding hydrogens is 238 g/mol. The lowest BCUT2D eigenvalue weighted by molar-refractivity contribution is 0.0773. The highest BCUT2D eigenvalue weighted by Gasteiger charge is 2.33. The molecule has 0 aliphatic carbocycles. The zero-order valence-corrected chi connectivity index (χ0v) is 11.3. The smallest absolute Gasteiger partial charge is 0.274 e. The Hall–Kier alpha value is -0.610. The Bertz CT molecular complexity index is 397. The van der Waals surface area contributed by atoms with Crippen molar-refractivity contribution in [2.24, 2.45) is 5.14 Å². The second-order valence-electron chi connectivity index (χ2n) is 4.94. The molecule has 1 rings (SSSR count). The van der Waals surface area contributed by atoms with Gasteiger partial charge < -0.3 is 0 Å². The zero-order valence-electron chi connectivity index (χ0n) is 10.4. The van der Waals surface area contributed by atoms with Crippen LogP contribution in [0.4, 0.5) is 0 Å². The van der Waals surface area contributed by atoms with Gasteiger partial charge in [0.1, 0.15) is 0 Å². The number of hydrogen-bond acceptors (Lipinski definition) is 3. The fourth-order valence-electron chi connectivity index (χ4n) is 2.24. The molecular formula is C11H21N3O2S. The predicted octanol–water partition coefficient (Wildman–Crippen LogP) is 0.0458. The summed E-state index contributed by atoms with van der Waals surface area (Å²) in [5.41, 5.74) is -0.356. The van der Waals surface area contributed by atoms with Crippen molar-refractivity contribution in [1.82, 2.24) is 9.62 Å². The molecule has 0 bridgehead atoms. The van der Waals surface area contributed by atoms with Gasteiger partial charge in [0, 0.05) is 12.6 Å². The van der Waals surface area contributed by atoms with Gasteiger partial charge in [-0.15, -0.1) is 6.42 Å². The standard InChI is InChI=1S/C11H21N3O2S/c1-4-11(2,3)14-8-6-5-7-10(14)9-13-17(12,15)16/h1,10,13H,5-9H2,2-3H3,(H2,12,15,16). The molecule has 1 heterocycles. The highest BCUT2D eigenvalue weighted by Crippen LogP contribution is 2.25. The van der Waals surface area contributed by atoms with Crippen LogP contribution in [0.2, 0.25) is 0 Å². The van der Waals surface area contributed by atoms with Crippen LogP contribution in [0.15, 0.2) is 0 Å². The van der Waals surface area contributed by atoms with Gasteiger partial charge in [-0.25, -0.2) is 9.86 Å². The molecule has 1 unspecified atom stereocenters. The number of terminal acetylenes is 1. The third-order valence-electron chi connectivity index (χ3n) is 3.22. The van der Waals surface area contributed by atoms with Gasteiger partial charge in [-0.2, -0.15) is 8.42 Å². The maximum absolute atomic E-state index is 10.9. The molecule has 17 heavy (non-hydrogen) atoms. The number of rotatable bonds is 4. The van der Waals surface area contributed by atoms with E-state index in [9.17, 15) is 8.42 Å². The number of nitrogens with two attached hydrogens (primary N) is 1. The first kappa shape index (κ1) is 14.5. The quantitative estimate of drug-likeness (QED) is 0.700. The second kappa shape index (κ2) is 5.36. The summed E-state index contributed by atoms with van der Waals surface area (Å²) in [6.45, 7) is 5.17. The maximum Gasteiger partial charge on any atom is 0.274 e. The van der Waals surface area contributed by atoms with E-state index in [1.165, 1.54) is 0 Å². The van der Waals surface area contributed by atoms with Gasteiger partial charge in [0.2, 0.25) is 0 Å². The van der Waals surface area contributed by atoms with E-state index in [1.807, 2.05) is 13.8 Å². The average Bonchev–Trinajstić information content (AvgIpc) is 2.26. The third kappa shape index (κ3) is 4.28. The lowest BCUT2D eigenvalue weighted by atomic mass is 9.94. The number of piperidine rings is 1. The summed E-state index contributed by atoms with van der Waals surface area (Å²) >= 11 is 0. The SMILES string of the molecule is C#CC(C)(C)N1CCCCC1CNS(N)(=O)=O. The van der Waals surface area contributed by atoms with Crippen molar-refractivity contribution in [1.29, 1.82) is 0 Å². The van der Waals surface area contributed by atoms with E-state index in [-0.39, 0.29) is 11.6 Å². The van der Waals surface area contributed by atoms with Gasteiger partial charge in [-0.1, -0.05) is 12.3 Å². The van der Waals surface area contributed by atoms with Crippen LogP contribution in [0.3, 0.4) is 0 Å². The van der Waals surface area contributed by atoms with Crippen molar-refractivity contribution in [2.75, 3.05) is 13.1 Å². The normalized spacial score (nSPS) is 23.3. The fraction of sp³-hybridized carbons (Fsp3) is 0.818. The minimum atomic E-state index is -3.63. The third-order valence-corrected chi connectivity index (χ3v) is 3.79. The van der Waals surface area contributed by atoms with E-state index < -0.39 is 10.2 Å². The predicted molar refractivity (Wildman–Crippen MR) is 68.4 cm³/mol. The summed E-state index contributed by atoms with van der Waals surface area (Å²) in [6.07, 6.45) is 8.65. The Kier molecular flexibility index (Phi) is 4.55. The van der Waals surface area contributed by atoms with E-state index >= 15 is 0 Å². The van der Waals surface area contributed by atoms with Crippen LogP contribution in [-0.4, -0.2) is 38.0 Å². The van der Waals surface area contributed by atoms with E-state index in [1.54, 1.807) is 0 Å². The van der Waals surface area contributed by atoms with Crippen LogP contribution in [0.25, 0.3) is 0 Å². The van der Waals surface area contributed by atoms with Gasteiger partial charge in [0.15, 0.2) is 0 Å². The van der Waals surface area contributed by atoms with Crippen LogP contribution in [0, 0.1) is 12.3 Å². The van der Waals surface area contributed by atoms with Gasteiger partial charge >= 0.3 is 0 Å². The van der Waals surface area contributed by atoms with E-state index in [4.69, 9.17) is 11.6 Å². The molecule has 1 fully saturated rings. The molecule has 0 aromatic rings. The summed E-state index contributed by atoms with van der Waals surface area (Å²) in [6, 6.07) is 0.119. The summed E-state index contributed by atoms with van der Waals surface area (Å²) in [5.74, 6) is 2.76. The first-order chi connectivity index (χ1) is 7.76. The second-order valence-corrected chi connectivity index (χ2v) is 6.32. The van der Waals surface area contributed by atoms with Gasteiger partial charge in [0.05, 0.1) is 5.54 Å². The Labute approximate surface area is 104 Å². The van der Waals surface area contributed by atoms with Crippen LogP contribution < -0.4 is 9.86 Å². The molecule has 98 valence electrons. The molecule has 1 aliphatic heterocycles. The highest BCUT2D eigenvalue weighted by molar-refractivity contribution is 7.87. The molecule has 6 heteroatoms. The first-order valence-electron chi connectivity index (χ1n) is 5.78. The minimum Gasteiger partial charge on any atom is -0.283 e. The Morgan fingerprint density at radius 2 is 2.18 bits per heavy atom. The van der Waals surface area contributed by atoms with Crippen LogP contribution in [-0.2, 0) is 10.2 Å². The lowest BCUT2D eigenvalue weighted by Gasteiger charge is -2.43. The first-order valence-corrected chi connectivity index (χ1v) is 7.33. The average molecular weight is 259 g/mol. The monoisotopic (exact) mass is 259 g/mol. The number of hydrogen-bond donors (Lipinski definition) is 2. The summed E-state index contributed by atoms with van der Waals surface area (Å²) in [7, 11) is -3.63. The topological polar surface area (TPSA) is 75.4 Å². The molecule has 0 amide bonds. The van der Waals surface area contributed by atoms with Crippen molar-refractivity contribution in [3.63, 3.8) is 0 Å². The molecule has 0 radical (unpaired) electrons. The number of nitrogens with one attached hydrogen (secondary N) is 1. The molecule has 1 saturated heterocycles. The largest absolute Gasteiger partial charge is 0.283 e.